The van der Waals surface area contributed by atoms with E-state index in [1.807, 2.05) is 6.92 Å². The molecule has 0 unspecified atom stereocenters. The second-order valence-corrected chi connectivity index (χ2v) is 9.62. The number of aromatic nitrogens is 3. The number of unbranched alkanes of at least 4 members (excludes halogenated alkanes) is 3. The van der Waals surface area contributed by atoms with Crippen molar-refractivity contribution in [1.82, 2.24) is 15.0 Å². The van der Waals surface area contributed by atoms with E-state index in [1.165, 1.54) is 25.0 Å². The summed E-state index contributed by atoms with van der Waals surface area (Å²) in [6.07, 6.45) is 7.36. The zero-order chi connectivity index (χ0) is 26.7. The first-order valence-electron chi connectivity index (χ1n) is 13.3. The van der Waals surface area contributed by atoms with Crippen LogP contribution in [-0.4, -0.2) is 33.1 Å². The summed E-state index contributed by atoms with van der Waals surface area (Å²) in [7, 11) is 0. The molecule has 0 saturated heterocycles. The standard InChI is InChI=1S/C30H36F2N4O/c1-6-10-11-12-14-36-15-13-23-26-29(34-24(9-4)35-30(26)36)27(32)28(33-23)21-17-19(37)16-18(5)25(21)20(7-2)22(31)8-3/h7,16-17,37H,2,6,8-15H2,1,3-5H3/b22-20+. The Balaban J connectivity index is 1.96. The van der Waals surface area contributed by atoms with Gasteiger partial charge in [0.25, 0.3) is 0 Å². The lowest BCUT2D eigenvalue weighted by molar-refractivity contribution is 0.475. The van der Waals surface area contributed by atoms with Crippen molar-refractivity contribution < 1.29 is 13.9 Å². The Bertz CT molecular complexity index is 1370. The minimum absolute atomic E-state index is 0.0395. The summed E-state index contributed by atoms with van der Waals surface area (Å²) in [5.41, 5.74) is 2.70. The molecule has 0 amide bonds. The van der Waals surface area contributed by atoms with Crippen molar-refractivity contribution in [1.29, 1.82) is 0 Å². The van der Waals surface area contributed by atoms with Gasteiger partial charge >= 0.3 is 0 Å². The Hall–Kier alpha value is -3.35. The molecule has 5 nitrogen and oxygen atoms in total. The largest absolute Gasteiger partial charge is 0.508 e. The summed E-state index contributed by atoms with van der Waals surface area (Å²) in [5, 5.41) is 11.1. The van der Waals surface area contributed by atoms with Gasteiger partial charge in [0, 0.05) is 37.1 Å². The Morgan fingerprint density at radius 2 is 1.92 bits per heavy atom. The number of phenols is 1. The van der Waals surface area contributed by atoms with E-state index >= 15 is 4.39 Å². The fourth-order valence-electron chi connectivity index (χ4n) is 5.16. The van der Waals surface area contributed by atoms with Crippen LogP contribution in [0.1, 0.15) is 75.5 Å². The predicted molar refractivity (Wildman–Crippen MR) is 147 cm³/mol. The normalized spacial score (nSPS) is 13.7. The summed E-state index contributed by atoms with van der Waals surface area (Å²) < 4.78 is 31.3. The molecule has 0 atom stereocenters. The van der Waals surface area contributed by atoms with Crippen molar-refractivity contribution in [3.05, 3.63) is 59.1 Å². The van der Waals surface area contributed by atoms with Gasteiger partial charge in [0.2, 0.25) is 0 Å². The van der Waals surface area contributed by atoms with Gasteiger partial charge in [-0.05, 0) is 43.0 Å². The maximum atomic E-state index is 16.4. The Labute approximate surface area is 218 Å². The number of aryl methyl sites for hydroxylation is 2. The van der Waals surface area contributed by atoms with Gasteiger partial charge in [-0.1, -0.05) is 52.7 Å². The second-order valence-electron chi connectivity index (χ2n) is 9.62. The predicted octanol–water partition coefficient (Wildman–Crippen LogP) is 7.63. The van der Waals surface area contributed by atoms with Gasteiger partial charge in [0.15, 0.2) is 5.82 Å². The molecule has 0 saturated carbocycles. The average molecular weight is 507 g/mol. The number of benzene rings is 1. The highest BCUT2D eigenvalue weighted by Crippen LogP contribution is 2.41. The number of hydrogen-bond donors (Lipinski definition) is 1. The third-order valence-electron chi connectivity index (χ3n) is 7.05. The molecule has 4 rings (SSSR count). The zero-order valence-corrected chi connectivity index (χ0v) is 22.3. The van der Waals surface area contributed by atoms with E-state index in [1.54, 1.807) is 19.9 Å². The fourth-order valence-corrected chi connectivity index (χ4v) is 5.16. The molecular weight excluding hydrogens is 470 g/mol. The van der Waals surface area contributed by atoms with Crippen molar-refractivity contribution in [3.8, 4) is 17.0 Å². The molecule has 3 aromatic rings. The SMILES string of the molecule is C=C/C(=C(\F)CC)c1c(C)cc(O)cc1-c1nc2c3c(nc(CC)nc3c1F)N(CCCCCC)CC2. The number of phenolic OH excluding ortho intramolecular Hbond substituents is 1. The molecule has 1 N–H and O–H groups in total. The van der Waals surface area contributed by atoms with Gasteiger partial charge in [0.05, 0.1) is 11.1 Å². The fraction of sp³-hybridized carbons (Fsp3) is 0.433. The minimum atomic E-state index is -0.587. The maximum Gasteiger partial charge on any atom is 0.175 e. The first kappa shape index (κ1) is 26.7. The summed E-state index contributed by atoms with van der Waals surface area (Å²) >= 11 is 0. The molecule has 1 aromatic carbocycles. The van der Waals surface area contributed by atoms with Gasteiger partial charge in [-0.15, -0.1) is 0 Å². The Morgan fingerprint density at radius 3 is 2.59 bits per heavy atom. The highest BCUT2D eigenvalue weighted by molar-refractivity contribution is 5.97. The molecule has 0 bridgehead atoms. The van der Waals surface area contributed by atoms with Crippen LogP contribution >= 0.6 is 0 Å². The first-order chi connectivity index (χ1) is 17.8. The van der Waals surface area contributed by atoms with Gasteiger partial charge in [0.1, 0.15) is 34.4 Å². The summed E-state index contributed by atoms with van der Waals surface area (Å²) in [6.45, 7) is 13.0. The molecule has 0 fully saturated rings. The van der Waals surface area contributed by atoms with Crippen molar-refractivity contribution >= 4 is 22.3 Å². The van der Waals surface area contributed by atoms with Gasteiger partial charge in [-0.25, -0.2) is 23.7 Å². The average Bonchev–Trinajstić information content (AvgIpc) is 2.90. The Kier molecular flexibility index (Phi) is 8.20. The highest BCUT2D eigenvalue weighted by Gasteiger charge is 2.29. The third-order valence-corrected chi connectivity index (χ3v) is 7.05. The monoisotopic (exact) mass is 506 g/mol. The van der Waals surface area contributed by atoms with Gasteiger partial charge in [-0.3, -0.25) is 0 Å². The molecule has 0 spiro atoms. The van der Waals surface area contributed by atoms with Crippen molar-refractivity contribution in [3.63, 3.8) is 0 Å². The first-order valence-corrected chi connectivity index (χ1v) is 13.3. The van der Waals surface area contributed by atoms with Crippen LogP contribution < -0.4 is 4.90 Å². The number of rotatable bonds is 10. The van der Waals surface area contributed by atoms with Crippen LogP contribution in [0.15, 0.2) is 30.6 Å². The number of anilines is 1. The molecular formula is C30H36F2N4O. The summed E-state index contributed by atoms with van der Waals surface area (Å²) in [5.74, 6) is 0.331. The van der Waals surface area contributed by atoms with E-state index in [4.69, 9.17) is 9.97 Å². The van der Waals surface area contributed by atoms with E-state index in [2.05, 4.69) is 23.4 Å². The van der Waals surface area contributed by atoms with Crippen LogP contribution in [0, 0.1) is 12.7 Å². The Morgan fingerprint density at radius 1 is 1.14 bits per heavy atom. The molecule has 0 aliphatic carbocycles. The van der Waals surface area contributed by atoms with Crippen LogP contribution in [0.4, 0.5) is 14.6 Å². The van der Waals surface area contributed by atoms with E-state index in [-0.39, 0.29) is 34.8 Å². The van der Waals surface area contributed by atoms with Crippen LogP contribution in [0.3, 0.4) is 0 Å². The smallest absolute Gasteiger partial charge is 0.175 e. The number of hydrogen-bond acceptors (Lipinski definition) is 5. The third kappa shape index (κ3) is 5.09. The summed E-state index contributed by atoms with van der Waals surface area (Å²) in [4.78, 5) is 16.4. The van der Waals surface area contributed by atoms with E-state index in [0.717, 1.165) is 37.4 Å². The van der Waals surface area contributed by atoms with E-state index in [0.29, 0.717) is 40.7 Å². The van der Waals surface area contributed by atoms with E-state index in [9.17, 15) is 9.50 Å². The van der Waals surface area contributed by atoms with Crippen molar-refractivity contribution in [2.45, 2.75) is 72.6 Å². The lowest BCUT2D eigenvalue weighted by Gasteiger charge is -2.30. The van der Waals surface area contributed by atoms with Crippen molar-refractivity contribution in [2.75, 3.05) is 18.0 Å². The van der Waals surface area contributed by atoms with Crippen LogP contribution in [-0.2, 0) is 12.8 Å². The maximum absolute atomic E-state index is 16.4. The lowest BCUT2D eigenvalue weighted by atomic mass is 9.90. The minimum Gasteiger partial charge on any atom is -0.508 e. The number of pyridine rings is 1. The quantitative estimate of drug-likeness (QED) is 0.226. The number of halogens is 2. The van der Waals surface area contributed by atoms with Crippen LogP contribution in [0.25, 0.3) is 27.7 Å². The summed E-state index contributed by atoms with van der Waals surface area (Å²) in [6, 6.07) is 2.99. The van der Waals surface area contributed by atoms with E-state index < -0.39 is 5.82 Å². The zero-order valence-electron chi connectivity index (χ0n) is 22.3. The van der Waals surface area contributed by atoms with Gasteiger partial charge < -0.3 is 10.0 Å². The highest BCUT2D eigenvalue weighted by atomic mass is 19.1. The number of aromatic hydroxyl groups is 1. The van der Waals surface area contributed by atoms with Crippen LogP contribution in [0.5, 0.6) is 5.75 Å². The molecule has 196 valence electrons. The van der Waals surface area contributed by atoms with Crippen molar-refractivity contribution in [2.24, 2.45) is 0 Å². The molecule has 1 aliphatic heterocycles. The number of nitrogens with zero attached hydrogens (tertiary/aromatic N) is 4. The topological polar surface area (TPSA) is 62.1 Å². The molecule has 1 aliphatic rings. The molecule has 37 heavy (non-hydrogen) atoms. The van der Waals surface area contributed by atoms with Crippen LogP contribution in [0.2, 0.25) is 0 Å². The molecule has 2 aromatic heterocycles. The molecule has 3 heterocycles. The lowest BCUT2D eigenvalue weighted by Crippen LogP contribution is -2.32. The molecule has 0 radical (unpaired) electrons. The van der Waals surface area contributed by atoms with Gasteiger partial charge in [-0.2, -0.15) is 0 Å². The number of allylic oxidation sites excluding steroid dienone is 3. The second kappa shape index (κ2) is 11.4. The molecule has 7 heteroatoms.